The fourth-order valence-corrected chi connectivity index (χ4v) is 1.71. The maximum atomic E-state index is 11.5. The van der Waals surface area contributed by atoms with Gasteiger partial charge in [0.15, 0.2) is 0 Å². The van der Waals surface area contributed by atoms with Gasteiger partial charge in [0.2, 0.25) is 0 Å². The van der Waals surface area contributed by atoms with Crippen molar-refractivity contribution in [2.24, 2.45) is 0 Å². The number of rotatable bonds is 3. The van der Waals surface area contributed by atoms with Crippen LogP contribution in [0.25, 0.3) is 0 Å². The second kappa shape index (κ2) is 5.11. The second-order valence-corrected chi connectivity index (χ2v) is 4.27. The summed E-state index contributed by atoms with van der Waals surface area (Å²) in [7, 11) is 0. The lowest BCUT2D eigenvalue weighted by Crippen LogP contribution is -2.29. The first-order chi connectivity index (χ1) is 8.97. The molecule has 0 atom stereocenters. The van der Waals surface area contributed by atoms with E-state index in [0.29, 0.717) is 0 Å². The van der Waals surface area contributed by atoms with E-state index in [4.69, 9.17) is 16.7 Å². The van der Waals surface area contributed by atoms with Gasteiger partial charge in [-0.05, 0) is 17.7 Å². The number of benzene rings is 1. The minimum atomic E-state index is -1.02. The highest BCUT2D eigenvalue weighted by Gasteiger charge is 2.05. The molecule has 0 saturated heterocycles. The molecule has 2 N–H and O–H groups in total. The molecule has 0 spiro atoms. The topological polar surface area (TPSA) is 92.2 Å². The van der Waals surface area contributed by atoms with Gasteiger partial charge in [0.05, 0.1) is 12.1 Å². The van der Waals surface area contributed by atoms with Crippen LogP contribution in [-0.4, -0.2) is 20.6 Å². The highest BCUT2D eigenvalue weighted by Crippen LogP contribution is 2.06. The number of halogens is 1. The molecule has 1 aromatic carbocycles. The van der Waals surface area contributed by atoms with E-state index in [-0.39, 0.29) is 17.1 Å². The molecule has 0 saturated carbocycles. The number of carboxylic acid groups (broad SMARTS) is 1. The van der Waals surface area contributed by atoms with Crippen molar-refractivity contribution < 1.29 is 9.90 Å². The van der Waals surface area contributed by atoms with Gasteiger partial charge in [-0.3, -0.25) is 14.3 Å². The number of nitrogens with zero attached hydrogens (tertiary/aromatic N) is 1. The Morgan fingerprint density at radius 3 is 2.47 bits per heavy atom. The number of H-pyrrole nitrogens is 1. The minimum Gasteiger partial charge on any atom is -0.478 e. The van der Waals surface area contributed by atoms with Crippen molar-refractivity contribution in [3.63, 3.8) is 0 Å². The summed E-state index contributed by atoms with van der Waals surface area (Å²) in [6, 6.07) is 6.07. The van der Waals surface area contributed by atoms with Crippen LogP contribution in [0.1, 0.15) is 15.9 Å². The Morgan fingerprint density at radius 2 is 1.89 bits per heavy atom. The molecule has 98 valence electrons. The molecular formula is C12H9ClN2O4. The van der Waals surface area contributed by atoms with E-state index in [9.17, 15) is 14.4 Å². The molecule has 1 aromatic heterocycles. The van der Waals surface area contributed by atoms with Crippen molar-refractivity contribution in [2.45, 2.75) is 6.54 Å². The van der Waals surface area contributed by atoms with E-state index in [1.54, 1.807) is 12.1 Å². The molecular weight excluding hydrogens is 272 g/mol. The molecule has 1 heterocycles. The molecule has 0 radical (unpaired) electrons. The fraction of sp³-hybridized carbons (Fsp3) is 0.0833. The number of aromatic nitrogens is 2. The zero-order valence-corrected chi connectivity index (χ0v) is 10.3. The lowest BCUT2D eigenvalue weighted by Gasteiger charge is -2.05. The van der Waals surface area contributed by atoms with E-state index < -0.39 is 17.2 Å². The Kier molecular flexibility index (Phi) is 3.52. The lowest BCUT2D eigenvalue weighted by atomic mass is 10.1. The Labute approximate surface area is 111 Å². The zero-order chi connectivity index (χ0) is 14.0. The van der Waals surface area contributed by atoms with E-state index in [2.05, 4.69) is 4.98 Å². The maximum absolute atomic E-state index is 11.5. The van der Waals surface area contributed by atoms with Crippen LogP contribution in [-0.2, 0) is 6.54 Å². The molecule has 2 aromatic rings. The molecule has 6 nitrogen and oxygen atoms in total. The average Bonchev–Trinajstić information content (AvgIpc) is 2.36. The van der Waals surface area contributed by atoms with Crippen LogP contribution in [0.5, 0.6) is 0 Å². The van der Waals surface area contributed by atoms with Crippen molar-refractivity contribution in [2.75, 3.05) is 0 Å². The quantitative estimate of drug-likeness (QED) is 0.875. The predicted octanol–water partition coefficient (Wildman–Crippen LogP) is 0.936. The monoisotopic (exact) mass is 280 g/mol. The van der Waals surface area contributed by atoms with Crippen molar-refractivity contribution in [3.05, 3.63) is 67.4 Å². The first-order valence-corrected chi connectivity index (χ1v) is 5.66. The van der Waals surface area contributed by atoms with Crippen molar-refractivity contribution >= 4 is 17.6 Å². The molecule has 7 heteroatoms. The highest BCUT2D eigenvalue weighted by molar-refractivity contribution is 6.30. The van der Waals surface area contributed by atoms with Crippen LogP contribution in [0.2, 0.25) is 5.02 Å². The third-order valence-corrected chi connectivity index (χ3v) is 2.79. The fourth-order valence-electron chi connectivity index (χ4n) is 1.55. The third kappa shape index (κ3) is 2.92. The highest BCUT2D eigenvalue weighted by atomic mass is 35.5. The van der Waals surface area contributed by atoms with E-state index >= 15 is 0 Å². The predicted molar refractivity (Wildman–Crippen MR) is 68.8 cm³/mol. The molecule has 0 bridgehead atoms. The van der Waals surface area contributed by atoms with Gasteiger partial charge < -0.3 is 5.11 Å². The first kappa shape index (κ1) is 13.1. The molecule has 0 fully saturated rings. The number of aromatic carboxylic acids is 1. The molecule has 0 aliphatic heterocycles. The lowest BCUT2D eigenvalue weighted by molar-refractivity contribution is 0.0697. The van der Waals surface area contributed by atoms with E-state index in [1.807, 2.05) is 0 Å². The van der Waals surface area contributed by atoms with Gasteiger partial charge in [-0.25, -0.2) is 9.59 Å². The van der Waals surface area contributed by atoms with Crippen LogP contribution in [0.15, 0.2) is 40.1 Å². The van der Waals surface area contributed by atoms with Gasteiger partial charge in [-0.15, -0.1) is 0 Å². The van der Waals surface area contributed by atoms with Gasteiger partial charge >= 0.3 is 11.7 Å². The molecule has 0 unspecified atom stereocenters. The standard InChI is InChI=1S/C12H9ClN2O4/c13-9-6-15(12(19)14-10(9)16)5-7-1-3-8(4-2-7)11(17)18/h1-4,6H,5H2,(H,17,18)(H,14,16,19). The van der Waals surface area contributed by atoms with Crippen LogP contribution in [0, 0.1) is 0 Å². The van der Waals surface area contributed by atoms with Crippen LogP contribution in [0.3, 0.4) is 0 Å². The number of hydrogen-bond acceptors (Lipinski definition) is 3. The number of hydrogen-bond donors (Lipinski definition) is 2. The average molecular weight is 281 g/mol. The maximum Gasteiger partial charge on any atom is 0.335 e. The van der Waals surface area contributed by atoms with E-state index in [1.165, 1.54) is 22.9 Å². The minimum absolute atomic E-state index is 0.0817. The van der Waals surface area contributed by atoms with Crippen molar-refractivity contribution in [1.82, 2.24) is 9.55 Å². The molecule has 2 rings (SSSR count). The van der Waals surface area contributed by atoms with Crippen LogP contribution >= 0.6 is 11.6 Å². The summed E-state index contributed by atoms with van der Waals surface area (Å²) >= 11 is 5.64. The number of aromatic amines is 1. The van der Waals surface area contributed by atoms with E-state index in [0.717, 1.165) is 5.56 Å². The summed E-state index contributed by atoms with van der Waals surface area (Å²) in [4.78, 5) is 35.4. The number of nitrogens with one attached hydrogen (secondary N) is 1. The summed E-state index contributed by atoms with van der Waals surface area (Å²) < 4.78 is 1.24. The van der Waals surface area contributed by atoms with Gasteiger partial charge in [-0.2, -0.15) is 0 Å². The van der Waals surface area contributed by atoms with Crippen molar-refractivity contribution in [3.8, 4) is 0 Å². The van der Waals surface area contributed by atoms with Crippen LogP contribution in [0.4, 0.5) is 0 Å². The Hall–Kier alpha value is -2.34. The second-order valence-electron chi connectivity index (χ2n) is 3.87. The molecule has 0 aliphatic carbocycles. The number of carbonyl (C=O) groups is 1. The largest absolute Gasteiger partial charge is 0.478 e. The Bertz CT molecular complexity index is 731. The zero-order valence-electron chi connectivity index (χ0n) is 9.59. The normalized spacial score (nSPS) is 10.4. The summed E-state index contributed by atoms with van der Waals surface area (Å²) in [5.74, 6) is -1.02. The summed E-state index contributed by atoms with van der Waals surface area (Å²) in [6.07, 6.45) is 1.24. The van der Waals surface area contributed by atoms with Gasteiger partial charge in [0.1, 0.15) is 5.02 Å². The molecule has 0 amide bonds. The van der Waals surface area contributed by atoms with Crippen molar-refractivity contribution in [1.29, 1.82) is 0 Å². The smallest absolute Gasteiger partial charge is 0.335 e. The summed E-state index contributed by atoms with van der Waals surface area (Å²) in [5.41, 5.74) is -0.327. The molecule has 0 aliphatic rings. The van der Waals surface area contributed by atoms with Gasteiger partial charge in [0, 0.05) is 6.20 Å². The SMILES string of the molecule is O=C(O)c1ccc(Cn2cc(Cl)c(=O)[nH]c2=O)cc1. The summed E-state index contributed by atoms with van der Waals surface area (Å²) in [6.45, 7) is 0.190. The van der Waals surface area contributed by atoms with Gasteiger partial charge in [-0.1, -0.05) is 23.7 Å². The van der Waals surface area contributed by atoms with Gasteiger partial charge in [0.25, 0.3) is 5.56 Å². The first-order valence-electron chi connectivity index (χ1n) is 5.29. The molecule has 19 heavy (non-hydrogen) atoms. The van der Waals surface area contributed by atoms with Crippen LogP contribution < -0.4 is 11.2 Å². The number of carboxylic acids is 1. The Balaban J connectivity index is 2.31. The summed E-state index contributed by atoms with van der Waals surface area (Å²) in [5, 5.41) is 8.68. The third-order valence-electron chi connectivity index (χ3n) is 2.52. The Morgan fingerprint density at radius 1 is 1.26 bits per heavy atom.